The number of thiol groups is 1. The van der Waals surface area contributed by atoms with Gasteiger partial charge in [-0.25, -0.2) is 0 Å². The van der Waals surface area contributed by atoms with Crippen LogP contribution in [0.15, 0.2) is 12.1 Å². The van der Waals surface area contributed by atoms with Crippen molar-refractivity contribution in [1.29, 1.82) is 0 Å². The number of nitrogens with zero attached hydrogens (tertiary/aromatic N) is 1. The fourth-order valence-corrected chi connectivity index (χ4v) is 1.51. The van der Waals surface area contributed by atoms with E-state index in [-0.39, 0.29) is 24.0 Å². The molecule has 6 heteroatoms. The zero-order valence-corrected chi connectivity index (χ0v) is 8.94. The first-order chi connectivity index (χ1) is 6.93. The molecule has 1 atom stereocenters. The third-order valence-electron chi connectivity index (χ3n) is 1.95. The maximum atomic E-state index is 11.2. The molecule has 0 fully saturated rings. The molecular weight excluding hydrogens is 218 g/mol. The third-order valence-corrected chi connectivity index (χ3v) is 2.25. The number of carbonyl (C=O) groups is 2. The topological polar surface area (TPSA) is 79.5 Å². The Labute approximate surface area is 91.7 Å². The molecule has 0 spiro atoms. The Hall–Kier alpha value is -1.43. The van der Waals surface area contributed by atoms with Gasteiger partial charge >= 0.3 is 0 Å². The average Bonchev–Trinajstić information content (AvgIpc) is 2.42. The summed E-state index contributed by atoms with van der Waals surface area (Å²) >= 11 is 3.61. The summed E-state index contributed by atoms with van der Waals surface area (Å²) in [5.41, 5.74) is 0. The Morgan fingerprint density at radius 1 is 1.40 bits per heavy atom. The predicted molar refractivity (Wildman–Crippen MR) is 56.1 cm³/mol. The highest BCUT2D eigenvalue weighted by Gasteiger charge is 2.23. The van der Waals surface area contributed by atoms with Crippen LogP contribution in [0.1, 0.15) is 19.4 Å². The third kappa shape index (κ3) is 2.53. The maximum absolute atomic E-state index is 11.2. The molecule has 0 unspecified atom stereocenters. The molecule has 0 bridgehead atoms. The Morgan fingerprint density at radius 2 is 1.87 bits per heavy atom. The zero-order chi connectivity index (χ0) is 11.6. The number of aromatic hydroxyl groups is 2. The number of hydrogen-bond donors (Lipinski definition) is 3. The van der Waals surface area contributed by atoms with Gasteiger partial charge in [0.25, 0.3) is 0 Å². The van der Waals surface area contributed by atoms with Crippen molar-refractivity contribution in [3.63, 3.8) is 0 Å². The monoisotopic (exact) mass is 229 g/mol. The molecule has 82 valence electrons. The van der Waals surface area contributed by atoms with E-state index in [2.05, 4.69) is 12.6 Å². The van der Waals surface area contributed by atoms with Crippen LogP contribution in [0.3, 0.4) is 0 Å². The first kappa shape index (κ1) is 11.6. The molecule has 1 aromatic rings. The number of hydrogen-bond acceptors (Lipinski definition) is 4. The molecule has 1 heterocycles. The van der Waals surface area contributed by atoms with E-state index in [9.17, 15) is 19.8 Å². The molecule has 0 aliphatic heterocycles. The van der Waals surface area contributed by atoms with Crippen LogP contribution < -0.4 is 0 Å². The molecule has 15 heavy (non-hydrogen) atoms. The predicted octanol–water partition coefficient (Wildman–Crippen LogP) is 0.876. The summed E-state index contributed by atoms with van der Waals surface area (Å²) in [6.45, 7) is 1.32. The largest absolute Gasteiger partial charge is 0.494 e. The molecule has 5 nitrogen and oxygen atoms in total. The van der Waals surface area contributed by atoms with Crippen molar-refractivity contribution in [1.82, 2.24) is 4.57 Å². The van der Waals surface area contributed by atoms with Gasteiger partial charge in [0.1, 0.15) is 11.8 Å². The van der Waals surface area contributed by atoms with Crippen molar-refractivity contribution in [2.45, 2.75) is 19.4 Å². The molecule has 1 rings (SSSR count). The zero-order valence-electron chi connectivity index (χ0n) is 8.04. The van der Waals surface area contributed by atoms with Gasteiger partial charge in [0.2, 0.25) is 5.12 Å². The molecular formula is C9H11NO4S. The summed E-state index contributed by atoms with van der Waals surface area (Å²) in [5, 5.41) is 18.1. The fourth-order valence-electron chi connectivity index (χ4n) is 1.31. The second-order valence-corrected chi connectivity index (χ2v) is 3.62. The normalized spacial score (nSPS) is 12.4. The molecule has 0 aliphatic carbocycles. The second kappa shape index (κ2) is 4.39. The van der Waals surface area contributed by atoms with Crippen LogP contribution in [0.2, 0.25) is 0 Å². The number of ketones is 1. The summed E-state index contributed by atoms with van der Waals surface area (Å²) in [7, 11) is 0. The first-order valence-electron chi connectivity index (χ1n) is 4.25. The lowest BCUT2D eigenvalue weighted by Crippen LogP contribution is -2.17. The standard InChI is InChI=1S/C9H11NO4S/c1-5(11)4-6(9(14)15)10-7(12)2-3-8(10)13/h2-3,6,12-13H,4H2,1H3,(H,14,15)/t6-/m0/s1. The van der Waals surface area contributed by atoms with E-state index in [4.69, 9.17) is 0 Å². The lowest BCUT2D eigenvalue weighted by atomic mass is 10.1. The van der Waals surface area contributed by atoms with Crippen LogP contribution in [-0.2, 0) is 9.59 Å². The van der Waals surface area contributed by atoms with Gasteiger partial charge in [-0.1, -0.05) is 0 Å². The number of carbonyl (C=O) groups excluding carboxylic acids is 2. The Kier molecular flexibility index (Phi) is 3.41. The van der Waals surface area contributed by atoms with Crippen LogP contribution in [0.25, 0.3) is 0 Å². The van der Waals surface area contributed by atoms with Crippen molar-refractivity contribution in [3.05, 3.63) is 12.1 Å². The number of rotatable bonds is 4. The number of aromatic nitrogens is 1. The summed E-state index contributed by atoms with van der Waals surface area (Å²) in [6.07, 6.45) is -0.113. The highest BCUT2D eigenvalue weighted by molar-refractivity contribution is 7.96. The Morgan fingerprint density at radius 3 is 2.20 bits per heavy atom. The van der Waals surface area contributed by atoms with Gasteiger partial charge in [-0.15, -0.1) is 12.6 Å². The van der Waals surface area contributed by atoms with Gasteiger partial charge in [0.15, 0.2) is 11.8 Å². The van der Waals surface area contributed by atoms with E-state index >= 15 is 0 Å². The minimum Gasteiger partial charge on any atom is -0.494 e. The minimum absolute atomic E-state index is 0.113. The quantitative estimate of drug-likeness (QED) is 0.669. The van der Waals surface area contributed by atoms with Crippen LogP contribution >= 0.6 is 12.6 Å². The maximum Gasteiger partial charge on any atom is 0.209 e. The Balaban J connectivity index is 3.09. The van der Waals surface area contributed by atoms with Crippen LogP contribution in [-0.4, -0.2) is 25.7 Å². The summed E-state index contributed by atoms with van der Waals surface area (Å²) in [5.74, 6) is -0.780. The van der Waals surface area contributed by atoms with E-state index in [0.29, 0.717) is 0 Å². The van der Waals surface area contributed by atoms with Crippen molar-refractivity contribution in [3.8, 4) is 11.8 Å². The van der Waals surface area contributed by atoms with E-state index in [0.717, 1.165) is 4.57 Å². The Bertz CT molecular complexity index is 379. The summed E-state index contributed by atoms with van der Waals surface area (Å²) in [4.78, 5) is 22.1. The van der Waals surface area contributed by atoms with Gasteiger partial charge < -0.3 is 10.2 Å². The van der Waals surface area contributed by atoms with Gasteiger partial charge in [-0.05, 0) is 6.92 Å². The number of Topliss-reactive ketones (excluding diaryl/α,β-unsaturated/α-hetero) is 1. The average molecular weight is 229 g/mol. The van der Waals surface area contributed by atoms with Gasteiger partial charge in [-0.3, -0.25) is 14.2 Å². The molecule has 0 amide bonds. The smallest absolute Gasteiger partial charge is 0.209 e. The van der Waals surface area contributed by atoms with E-state index in [1.807, 2.05) is 0 Å². The molecule has 0 saturated carbocycles. The molecule has 0 aromatic carbocycles. The van der Waals surface area contributed by atoms with Gasteiger partial charge in [0.05, 0.1) is 0 Å². The highest BCUT2D eigenvalue weighted by atomic mass is 32.1. The van der Waals surface area contributed by atoms with E-state index in [1.54, 1.807) is 0 Å². The highest BCUT2D eigenvalue weighted by Crippen LogP contribution is 2.29. The first-order valence-corrected chi connectivity index (χ1v) is 4.69. The van der Waals surface area contributed by atoms with Gasteiger partial charge in [-0.2, -0.15) is 0 Å². The van der Waals surface area contributed by atoms with Crippen LogP contribution in [0.4, 0.5) is 0 Å². The fraction of sp³-hybridized carbons (Fsp3) is 0.333. The van der Waals surface area contributed by atoms with E-state index < -0.39 is 11.2 Å². The summed E-state index contributed by atoms with van der Waals surface area (Å²) in [6, 6.07) is 1.50. The van der Waals surface area contributed by atoms with Crippen molar-refractivity contribution >= 4 is 23.5 Å². The van der Waals surface area contributed by atoms with Crippen LogP contribution in [0, 0.1) is 0 Å². The summed E-state index contributed by atoms with van der Waals surface area (Å²) < 4.78 is 0.969. The van der Waals surface area contributed by atoms with Crippen molar-refractivity contribution in [2.24, 2.45) is 0 Å². The SMILES string of the molecule is CC(=O)C[C@@H](C(=O)S)n1c(O)ccc1O. The molecule has 1 aromatic heterocycles. The van der Waals surface area contributed by atoms with Crippen molar-refractivity contribution < 1.29 is 19.8 Å². The van der Waals surface area contributed by atoms with Gasteiger partial charge in [0, 0.05) is 18.6 Å². The lowest BCUT2D eigenvalue weighted by Gasteiger charge is -2.15. The van der Waals surface area contributed by atoms with E-state index in [1.165, 1.54) is 19.1 Å². The van der Waals surface area contributed by atoms with Crippen molar-refractivity contribution in [2.75, 3.05) is 0 Å². The molecule has 0 radical (unpaired) electrons. The lowest BCUT2D eigenvalue weighted by molar-refractivity contribution is -0.122. The molecule has 2 N–H and O–H groups in total. The van der Waals surface area contributed by atoms with Crippen LogP contribution in [0.5, 0.6) is 11.8 Å². The molecule has 0 aliphatic rings. The minimum atomic E-state index is -0.971. The second-order valence-electron chi connectivity index (χ2n) is 3.18. The molecule has 0 saturated heterocycles.